The van der Waals surface area contributed by atoms with Gasteiger partial charge in [0.05, 0.1) is 0 Å². The number of ether oxygens (including phenoxy) is 1. The molecule has 0 aliphatic rings. The van der Waals surface area contributed by atoms with Crippen molar-refractivity contribution in [3.8, 4) is 5.75 Å². The van der Waals surface area contributed by atoms with Gasteiger partial charge in [0.1, 0.15) is 12.4 Å². The van der Waals surface area contributed by atoms with Crippen molar-refractivity contribution in [1.82, 2.24) is 0 Å². The second kappa shape index (κ2) is 6.12. The van der Waals surface area contributed by atoms with Crippen LogP contribution in [0.5, 0.6) is 5.75 Å². The van der Waals surface area contributed by atoms with E-state index in [1.165, 1.54) is 11.1 Å². The predicted octanol–water partition coefficient (Wildman–Crippen LogP) is 3.05. The van der Waals surface area contributed by atoms with Crippen LogP contribution < -0.4 is 10.5 Å². The van der Waals surface area contributed by atoms with Crippen molar-refractivity contribution in [3.63, 3.8) is 0 Å². The Labute approximate surface area is 105 Å². The minimum absolute atomic E-state index is 0. The number of aryl methyl sites for hydroxylation is 1. The summed E-state index contributed by atoms with van der Waals surface area (Å²) in [6.45, 7) is 9.76. The lowest BCUT2D eigenvalue weighted by Gasteiger charge is -2.23. The first kappa shape index (κ1) is 15.3. The van der Waals surface area contributed by atoms with E-state index >= 15 is 0 Å². The van der Waals surface area contributed by atoms with Crippen molar-refractivity contribution in [1.29, 1.82) is 0 Å². The van der Waals surface area contributed by atoms with Crippen LogP contribution in [0.4, 0.5) is 0 Å². The summed E-state index contributed by atoms with van der Waals surface area (Å²) in [4.78, 5) is 0. The topological polar surface area (TPSA) is 35.2 Å². The van der Waals surface area contributed by atoms with Crippen LogP contribution in [-0.2, 0) is 5.41 Å². The van der Waals surface area contributed by atoms with Crippen molar-refractivity contribution in [2.24, 2.45) is 5.73 Å². The molecule has 0 saturated heterocycles. The van der Waals surface area contributed by atoms with Gasteiger partial charge in [-0.2, -0.15) is 0 Å². The van der Waals surface area contributed by atoms with Gasteiger partial charge < -0.3 is 10.5 Å². The molecule has 0 radical (unpaired) electrons. The Morgan fingerprint density at radius 2 is 1.88 bits per heavy atom. The lowest BCUT2D eigenvalue weighted by Crippen LogP contribution is -2.16. The van der Waals surface area contributed by atoms with Crippen LogP contribution in [0.1, 0.15) is 31.9 Å². The van der Waals surface area contributed by atoms with Crippen molar-refractivity contribution < 1.29 is 4.74 Å². The maximum absolute atomic E-state index is 5.67. The molecule has 1 rings (SSSR count). The normalized spacial score (nSPS) is 10.8. The lowest BCUT2D eigenvalue weighted by atomic mass is 9.86. The Balaban J connectivity index is 0.00000225. The van der Waals surface area contributed by atoms with Crippen LogP contribution in [0.3, 0.4) is 0 Å². The van der Waals surface area contributed by atoms with E-state index in [0.29, 0.717) is 13.2 Å². The highest BCUT2D eigenvalue weighted by Crippen LogP contribution is 2.31. The zero-order valence-electron chi connectivity index (χ0n) is 10.5. The first-order valence-electron chi connectivity index (χ1n) is 5.39. The Morgan fingerprint density at radius 1 is 1.25 bits per heavy atom. The summed E-state index contributed by atoms with van der Waals surface area (Å²) in [5.74, 6) is 0.966. The molecule has 0 unspecified atom stereocenters. The molecular formula is C13H22ClNO. The number of halogens is 1. The van der Waals surface area contributed by atoms with E-state index in [1.54, 1.807) is 0 Å². The summed E-state index contributed by atoms with van der Waals surface area (Å²) >= 11 is 0. The van der Waals surface area contributed by atoms with Crippen LogP contribution in [0.2, 0.25) is 0 Å². The zero-order valence-corrected chi connectivity index (χ0v) is 11.4. The zero-order chi connectivity index (χ0) is 11.5. The van der Waals surface area contributed by atoms with Gasteiger partial charge in [-0.3, -0.25) is 0 Å². The summed E-state index contributed by atoms with van der Waals surface area (Å²) in [5, 5.41) is 0. The first-order chi connectivity index (χ1) is 6.95. The van der Waals surface area contributed by atoms with Crippen molar-refractivity contribution in [2.75, 3.05) is 13.2 Å². The molecule has 0 amide bonds. The van der Waals surface area contributed by atoms with Gasteiger partial charge in [-0.05, 0) is 29.5 Å². The molecule has 1 aromatic rings. The largest absolute Gasteiger partial charge is 0.492 e. The van der Waals surface area contributed by atoms with Gasteiger partial charge in [0, 0.05) is 6.54 Å². The molecule has 0 heterocycles. The molecule has 0 aliphatic heterocycles. The molecule has 0 aliphatic carbocycles. The molecule has 0 fully saturated rings. The molecule has 16 heavy (non-hydrogen) atoms. The number of benzene rings is 1. The molecule has 2 nitrogen and oxygen atoms in total. The average Bonchev–Trinajstić information content (AvgIpc) is 2.12. The summed E-state index contributed by atoms with van der Waals surface area (Å²) in [6.07, 6.45) is 0. The molecule has 2 N–H and O–H groups in total. The van der Waals surface area contributed by atoms with Crippen LogP contribution in [0.15, 0.2) is 18.2 Å². The van der Waals surface area contributed by atoms with Crippen LogP contribution in [0, 0.1) is 6.92 Å². The van der Waals surface area contributed by atoms with Gasteiger partial charge in [0.25, 0.3) is 0 Å². The monoisotopic (exact) mass is 243 g/mol. The fourth-order valence-electron chi connectivity index (χ4n) is 1.54. The van der Waals surface area contributed by atoms with Crippen molar-refractivity contribution in [3.05, 3.63) is 29.3 Å². The van der Waals surface area contributed by atoms with Gasteiger partial charge in [0.15, 0.2) is 0 Å². The molecule has 1 aromatic carbocycles. The highest BCUT2D eigenvalue weighted by atomic mass is 35.5. The lowest BCUT2D eigenvalue weighted by molar-refractivity contribution is 0.318. The van der Waals surface area contributed by atoms with E-state index < -0.39 is 0 Å². The second-order valence-electron chi connectivity index (χ2n) is 4.89. The van der Waals surface area contributed by atoms with Crippen molar-refractivity contribution in [2.45, 2.75) is 33.1 Å². The molecule has 0 spiro atoms. The molecule has 0 atom stereocenters. The van der Waals surface area contributed by atoms with E-state index in [4.69, 9.17) is 10.5 Å². The van der Waals surface area contributed by atoms with Crippen LogP contribution in [0.25, 0.3) is 0 Å². The van der Waals surface area contributed by atoms with Gasteiger partial charge in [-0.25, -0.2) is 0 Å². The maximum atomic E-state index is 5.67. The number of hydrogen-bond donors (Lipinski definition) is 1. The fourth-order valence-corrected chi connectivity index (χ4v) is 1.54. The van der Waals surface area contributed by atoms with E-state index in [1.807, 2.05) is 0 Å². The van der Waals surface area contributed by atoms with Crippen molar-refractivity contribution >= 4 is 12.4 Å². The highest BCUT2D eigenvalue weighted by molar-refractivity contribution is 5.85. The minimum atomic E-state index is 0. The van der Waals surface area contributed by atoms with E-state index in [2.05, 4.69) is 45.9 Å². The Hall–Kier alpha value is -0.730. The average molecular weight is 244 g/mol. The third kappa shape index (κ3) is 4.03. The van der Waals surface area contributed by atoms with Crippen LogP contribution in [-0.4, -0.2) is 13.2 Å². The maximum Gasteiger partial charge on any atom is 0.123 e. The SMILES string of the molecule is Cc1ccc(C(C)(C)C)c(OCCN)c1.Cl. The second-order valence-corrected chi connectivity index (χ2v) is 4.89. The van der Waals surface area contributed by atoms with Crippen LogP contribution >= 0.6 is 12.4 Å². The van der Waals surface area contributed by atoms with E-state index in [0.717, 1.165) is 5.75 Å². The third-order valence-corrected chi connectivity index (χ3v) is 2.32. The predicted molar refractivity (Wildman–Crippen MR) is 71.7 cm³/mol. The molecular weight excluding hydrogens is 222 g/mol. The molecule has 0 saturated carbocycles. The Bertz CT molecular complexity index is 331. The molecule has 92 valence electrons. The summed E-state index contributed by atoms with van der Waals surface area (Å²) in [7, 11) is 0. The Kier molecular flexibility index (Phi) is 5.84. The Morgan fingerprint density at radius 3 is 2.38 bits per heavy atom. The first-order valence-corrected chi connectivity index (χ1v) is 5.39. The van der Waals surface area contributed by atoms with E-state index in [-0.39, 0.29) is 17.8 Å². The van der Waals surface area contributed by atoms with Gasteiger partial charge >= 0.3 is 0 Å². The van der Waals surface area contributed by atoms with Gasteiger partial charge in [0.2, 0.25) is 0 Å². The highest BCUT2D eigenvalue weighted by Gasteiger charge is 2.18. The number of rotatable bonds is 3. The molecule has 0 bridgehead atoms. The summed E-state index contributed by atoms with van der Waals surface area (Å²) in [6, 6.07) is 6.34. The minimum Gasteiger partial charge on any atom is -0.492 e. The number of hydrogen-bond acceptors (Lipinski definition) is 2. The number of nitrogens with two attached hydrogens (primary N) is 1. The van der Waals surface area contributed by atoms with Gasteiger partial charge in [-0.1, -0.05) is 32.9 Å². The summed E-state index contributed by atoms with van der Waals surface area (Å²) in [5.41, 5.74) is 8.01. The summed E-state index contributed by atoms with van der Waals surface area (Å²) < 4.78 is 5.67. The van der Waals surface area contributed by atoms with E-state index in [9.17, 15) is 0 Å². The quantitative estimate of drug-likeness (QED) is 0.886. The third-order valence-electron chi connectivity index (χ3n) is 2.32. The molecule has 3 heteroatoms. The standard InChI is InChI=1S/C13H21NO.ClH/c1-10-5-6-11(13(2,3)4)12(9-10)15-8-7-14;/h5-6,9H,7-8,14H2,1-4H3;1H. The molecule has 0 aromatic heterocycles. The smallest absolute Gasteiger partial charge is 0.123 e. The van der Waals surface area contributed by atoms with Gasteiger partial charge in [-0.15, -0.1) is 12.4 Å². The fraction of sp³-hybridized carbons (Fsp3) is 0.538.